The molecule has 3 heterocycles. The van der Waals surface area contributed by atoms with E-state index < -0.39 is 18.1 Å². The predicted octanol–water partition coefficient (Wildman–Crippen LogP) is 0.645. The number of hydrogen-bond donors (Lipinski definition) is 1. The topological polar surface area (TPSA) is 101 Å². The number of nitrogens with zero attached hydrogens (tertiary/aromatic N) is 3. The van der Waals surface area contributed by atoms with E-state index in [4.69, 9.17) is 14.2 Å². The Labute approximate surface area is 186 Å². The molecule has 172 valence electrons. The Hall–Kier alpha value is -3.27. The van der Waals surface area contributed by atoms with Crippen LogP contribution in [0.2, 0.25) is 0 Å². The number of urea groups is 1. The van der Waals surface area contributed by atoms with Gasteiger partial charge in [-0.2, -0.15) is 0 Å². The van der Waals surface area contributed by atoms with Crippen LogP contribution in [0, 0.1) is 5.92 Å². The van der Waals surface area contributed by atoms with Crippen LogP contribution >= 0.6 is 0 Å². The van der Waals surface area contributed by atoms with Gasteiger partial charge >= 0.3 is 6.03 Å². The largest absolute Gasteiger partial charge is 0.486 e. The lowest BCUT2D eigenvalue weighted by atomic mass is 10.0. The van der Waals surface area contributed by atoms with E-state index in [0.29, 0.717) is 43.4 Å². The van der Waals surface area contributed by atoms with Crippen LogP contribution in [0.3, 0.4) is 0 Å². The van der Waals surface area contributed by atoms with Crippen molar-refractivity contribution < 1.29 is 28.6 Å². The molecule has 3 unspecified atom stereocenters. The molecule has 3 atom stereocenters. The van der Waals surface area contributed by atoms with E-state index in [9.17, 15) is 14.4 Å². The van der Waals surface area contributed by atoms with Crippen molar-refractivity contribution in [2.45, 2.75) is 18.7 Å². The third-order valence-electron chi connectivity index (χ3n) is 5.93. The van der Waals surface area contributed by atoms with Gasteiger partial charge in [0.2, 0.25) is 5.91 Å². The van der Waals surface area contributed by atoms with Gasteiger partial charge in [0.05, 0.1) is 12.5 Å². The van der Waals surface area contributed by atoms with E-state index in [2.05, 4.69) is 5.32 Å². The van der Waals surface area contributed by atoms with Crippen LogP contribution in [-0.2, 0) is 14.3 Å². The maximum atomic E-state index is 13.1. The second-order valence-corrected chi connectivity index (χ2v) is 8.03. The Morgan fingerprint density at radius 1 is 1.22 bits per heavy atom. The number of imide groups is 1. The van der Waals surface area contributed by atoms with Crippen LogP contribution < -0.4 is 14.8 Å². The van der Waals surface area contributed by atoms with Gasteiger partial charge in [-0.1, -0.05) is 12.1 Å². The second-order valence-electron chi connectivity index (χ2n) is 8.03. The first kappa shape index (κ1) is 21.9. The summed E-state index contributed by atoms with van der Waals surface area (Å²) < 4.78 is 16.7. The summed E-state index contributed by atoms with van der Waals surface area (Å²) in [5, 5.41) is 2.89. The van der Waals surface area contributed by atoms with Gasteiger partial charge < -0.3 is 29.3 Å². The highest BCUT2D eigenvalue weighted by Crippen LogP contribution is 2.35. The Morgan fingerprint density at radius 2 is 1.97 bits per heavy atom. The van der Waals surface area contributed by atoms with Crippen LogP contribution in [-0.4, -0.2) is 92.3 Å². The third kappa shape index (κ3) is 3.97. The first-order valence-corrected chi connectivity index (χ1v) is 10.6. The number of para-hydroxylation sites is 2. The maximum absolute atomic E-state index is 13.1. The standard InChI is InChI=1S/C22H28N4O6/c1-24-20-15(21(28)25(2)22(24)29)11-16(26(20)9-6-10-30-3)19(27)23-12-14-13-31-17-7-4-5-8-18(17)32-14/h4-5,7-8,11,14-15,20H,6,9-10,12-13H2,1-3H3,(H,23,27). The van der Waals surface area contributed by atoms with Crippen molar-refractivity contribution in [3.8, 4) is 11.5 Å². The number of methoxy groups -OCH3 is 1. The van der Waals surface area contributed by atoms with Crippen molar-refractivity contribution in [2.75, 3.05) is 47.5 Å². The quantitative estimate of drug-likeness (QED) is 0.616. The SMILES string of the molecule is COCCCN1C(C(=O)NCC2COc3ccccc3O2)=CC2C(=O)N(C)C(=O)N(C)C21. The molecule has 0 radical (unpaired) electrons. The van der Waals surface area contributed by atoms with Crippen molar-refractivity contribution in [1.82, 2.24) is 20.0 Å². The molecule has 1 fully saturated rings. The molecule has 32 heavy (non-hydrogen) atoms. The molecule has 0 bridgehead atoms. The highest BCUT2D eigenvalue weighted by molar-refractivity contribution is 6.02. The average molecular weight is 444 g/mol. The molecule has 4 amide bonds. The number of hydrogen-bond acceptors (Lipinski definition) is 7. The van der Waals surface area contributed by atoms with Gasteiger partial charge in [0.15, 0.2) is 11.5 Å². The molecule has 0 aromatic heterocycles. The monoisotopic (exact) mass is 444 g/mol. The van der Waals surface area contributed by atoms with E-state index in [1.807, 2.05) is 29.2 Å². The lowest BCUT2D eigenvalue weighted by Gasteiger charge is -2.43. The summed E-state index contributed by atoms with van der Waals surface area (Å²) in [6.07, 6.45) is 1.43. The normalized spacial score (nSPS) is 24.4. The number of amides is 4. The fourth-order valence-electron chi connectivity index (χ4n) is 4.30. The first-order chi connectivity index (χ1) is 15.4. The first-order valence-electron chi connectivity index (χ1n) is 10.6. The van der Waals surface area contributed by atoms with Gasteiger partial charge in [0, 0.05) is 34.4 Å². The number of nitrogens with one attached hydrogen (secondary N) is 1. The number of benzene rings is 1. The molecule has 1 aromatic rings. The molecule has 0 saturated carbocycles. The van der Waals surface area contributed by atoms with Gasteiger partial charge in [-0.05, 0) is 24.6 Å². The summed E-state index contributed by atoms with van der Waals surface area (Å²) in [4.78, 5) is 42.8. The fraction of sp³-hybridized carbons (Fsp3) is 0.500. The van der Waals surface area contributed by atoms with Crippen LogP contribution in [0.1, 0.15) is 6.42 Å². The van der Waals surface area contributed by atoms with E-state index in [1.165, 1.54) is 11.9 Å². The summed E-state index contributed by atoms with van der Waals surface area (Å²) >= 11 is 0. The van der Waals surface area contributed by atoms with Crippen LogP contribution in [0.5, 0.6) is 11.5 Å². The van der Waals surface area contributed by atoms with Gasteiger partial charge in [0.25, 0.3) is 5.91 Å². The zero-order valence-electron chi connectivity index (χ0n) is 18.4. The smallest absolute Gasteiger partial charge is 0.327 e. The predicted molar refractivity (Wildman–Crippen MR) is 114 cm³/mol. The second kappa shape index (κ2) is 9.07. The van der Waals surface area contributed by atoms with Crippen molar-refractivity contribution in [2.24, 2.45) is 5.92 Å². The van der Waals surface area contributed by atoms with Crippen LogP contribution in [0.15, 0.2) is 36.0 Å². The van der Waals surface area contributed by atoms with Gasteiger partial charge in [-0.25, -0.2) is 4.79 Å². The van der Waals surface area contributed by atoms with E-state index in [0.717, 1.165) is 4.90 Å². The number of carbonyl (C=O) groups excluding carboxylic acids is 3. The fourth-order valence-corrected chi connectivity index (χ4v) is 4.30. The number of ether oxygens (including phenoxy) is 3. The Morgan fingerprint density at radius 3 is 2.72 bits per heavy atom. The molecule has 0 aliphatic carbocycles. The zero-order valence-corrected chi connectivity index (χ0v) is 18.4. The summed E-state index contributed by atoms with van der Waals surface area (Å²) in [5.74, 6) is 0.0670. The van der Waals surface area contributed by atoms with E-state index in [-0.39, 0.29) is 24.5 Å². The number of rotatable bonds is 7. The molecule has 0 spiro atoms. The van der Waals surface area contributed by atoms with Crippen LogP contribution in [0.25, 0.3) is 0 Å². The minimum absolute atomic E-state index is 0.244. The Balaban J connectivity index is 1.46. The molecule has 10 heteroatoms. The molecule has 10 nitrogen and oxygen atoms in total. The lowest BCUT2D eigenvalue weighted by molar-refractivity contribution is -0.137. The molecule has 4 rings (SSSR count). The van der Waals surface area contributed by atoms with Crippen molar-refractivity contribution in [3.63, 3.8) is 0 Å². The lowest BCUT2D eigenvalue weighted by Crippen LogP contribution is -2.62. The molecule has 3 aliphatic rings. The third-order valence-corrected chi connectivity index (χ3v) is 5.93. The molecular formula is C22H28N4O6. The highest BCUT2D eigenvalue weighted by Gasteiger charge is 2.50. The Kier molecular flexibility index (Phi) is 6.22. The summed E-state index contributed by atoms with van der Waals surface area (Å²) in [7, 11) is 4.71. The van der Waals surface area contributed by atoms with Crippen molar-refractivity contribution >= 4 is 17.8 Å². The van der Waals surface area contributed by atoms with Crippen molar-refractivity contribution in [3.05, 3.63) is 36.0 Å². The Bertz CT molecular complexity index is 935. The minimum Gasteiger partial charge on any atom is -0.486 e. The van der Waals surface area contributed by atoms with E-state index >= 15 is 0 Å². The molecule has 1 N–H and O–H groups in total. The molecule has 3 aliphatic heterocycles. The van der Waals surface area contributed by atoms with Gasteiger partial charge in [-0.15, -0.1) is 0 Å². The maximum Gasteiger partial charge on any atom is 0.327 e. The molecule has 1 aromatic carbocycles. The molecule has 1 saturated heterocycles. The molecular weight excluding hydrogens is 416 g/mol. The summed E-state index contributed by atoms with van der Waals surface area (Å²) in [5.41, 5.74) is 0.372. The van der Waals surface area contributed by atoms with Crippen molar-refractivity contribution in [1.29, 1.82) is 0 Å². The number of fused-ring (bicyclic) bond motifs is 2. The van der Waals surface area contributed by atoms with Crippen LogP contribution in [0.4, 0.5) is 4.79 Å². The minimum atomic E-state index is -0.605. The van der Waals surface area contributed by atoms with Gasteiger partial charge in [-0.3, -0.25) is 14.5 Å². The van der Waals surface area contributed by atoms with E-state index in [1.54, 1.807) is 20.2 Å². The van der Waals surface area contributed by atoms with Gasteiger partial charge in [0.1, 0.15) is 24.6 Å². The number of carbonyl (C=O) groups is 3. The average Bonchev–Trinajstić information content (AvgIpc) is 3.19. The summed E-state index contributed by atoms with van der Waals surface area (Å²) in [6.45, 7) is 1.54. The summed E-state index contributed by atoms with van der Waals surface area (Å²) in [6, 6.07) is 6.99. The zero-order chi connectivity index (χ0) is 22.8. The highest BCUT2D eigenvalue weighted by atomic mass is 16.6.